The van der Waals surface area contributed by atoms with Crippen LogP contribution in [0.2, 0.25) is 0 Å². The number of ether oxygens (including phenoxy) is 3. The van der Waals surface area contributed by atoms with Gasteiger partial charge in [-0.15, -0.1) is 0 Å². The van der Waals surface area contributed by atoms with Crippen LogP contribution in [0.25, 0.3) is 5.69 Å². The molecule has 3 aromatic rings. The molecule has 0 aliphatic carbocycles. The molecule has 1 aliphatic rings. The number of fused-ring (bicyclic) bond motifs is 1. The molecule has 1 atom stereocenters. The van der Waals surface area contributed by atoms with Gasteiger partial charge in [0.1, 0.15) is 12.3 Å². The van der Waals surface area contributed by atoms with Gasteiger partial charge in [0.15, 0.2) is 18.2 Å². The Labute approximate surface area is 174 Å². The van der Waals surface area contributed by atoms with E-state index in [1.54, 1.807) is 30.7 Å². The van der Waals surface area contributed by atoms with Crippen LogP contribution >= 0.6 is 12.2 Å². The Morgan fingerprint density at radius 3 is 2.31 bits per heavy atom. The normalized spacial score (nSPS) is 15.6. The van der Waals surface area contributed by atoms with Gasteiger partial charge in [0, 0.05) is 12.0 Å². The van der Waals surface area contributed by atoms with Gasteiger partial charge in [-0.2, -0.15) is 9.36 Å². The van der Waals surface area contributed by atoms with E-state index in [0.717, 1.165) is 42.4 Å². The highest BCUT2D eigenvalue weighted by Gasteiger charge is 2.23. The predicted molar refractivity (Wildman–Crippen MR) is 110 cm³/mol. The third kappa shape index (κ3) is 3.83. The monoisotopic (exact) mass is 414 g/mol. The Kier molecular flexibility index (Phi) is 5.50. The van der Waals surface area contributed by atoms with Gasteiger partial charge in [-0.3, -0.25) is 0 Å². The third-order valence-electron chi connectivity index (χ3n) is 5.22. The Hall–Kier alpha value is -2.91. The average molecular weight is 415 g/mol. The number of tetrazole rings is 1. The van der Waals surface area contributed by atoms with E-state index in [4.69, 9.17) is 26.4 Å². The summed E-state index contributed by atoms with van der Waals surface area (Å²) in [4.78, 5) is 1.36. The Balaban J connectivity index is 1.52. The maximum absolute atomic E-state index is 5.61. The summed E-state index contributed by atoms with van der Waals surface area (Å²) in [5, 5.41) is 8.51. The van der Waals surface area contributed by atoms with Crippen molar-refractivity contribution in [3.05, 3.63) is 52.3 Å². The third-order valence-corrected chi connectivity index (χ3v) is 5.61. The summed E-state index contributed by atoms with van der Waals surface area (Å²) in [5.74, 6) is 2.32. The average Bonchev–Trinajstić information content (AvgIpc) is 3.12. The fourth-order valence-corrected chi connectivity index (χ4v) is 3.88. The van der Waals surface area contributed by atoms with Crippen molar-refractivity contribution in [1.82, 2.24) is 19.8 Å². The minimum absolute atomic E-state index is 0.570. The smallest absolute Gasteiger partial charge is 0.225 e. The van der Waals surface area contributed by atoms with E-state index in [9.17, 15) is 0 Å². The second-order valence-corrected chi connectivity index (χ2v) is 7.30. The van der Waals surface area contributed by atoms with E-state index < -0.39 is 0 Å². The first kappa shape index (κ1) is 19.4. The Morgan fingerprint density at radius 2 is 1.66 bits per heavy atom. The van der Waals surface area contributed by atoms with Crippen molar-refractivity contribution in [1.29, 1.82) is 0 Å². The zero-order valence-electron chi connectivity index (χ0n) is 16.7. The van der Waals surface area contributed by atoms with Crippen molar-refractivity contribution < 1.29 is 19.1 Å². The van der Waals surface area contributed by atoms with Gasteiger partial charge >= 0.3 is 0 Å². The van der Waals surface area contributed by atoms with Gasteiger partial charge in [-0.25, -0.2) is 0 Å². The zero-order chi connectivity index (χ0) is 20.4. The van der Waals surface area contributed by atoms with Crippen LogP contribution in [0.15, 0.2) is 36.4 Å². The number of rotatable bonds is 6. The molecule has 0 radical (unpaired) electrons. The topological polar surface area (TPSA) is 67.8 Å². The lowest BCUT2D eigenvalue weighted by atomic mass is 9.99. The van der Waals surface area contributed by atoms with Crippen LogP contribution in [0.4, 0.5) is 0 Å². The van der Waals surface area contributed by atoms with Crippen molar-refractivity contribution in [3.63, 3.8) is 0 Å². The summed E-state index contributed by atoms with van der Waals surface area (Å²) in [6.45, 7) is 2.51. The van der Waals surface area contributed by atoms with Crippen molar-refractivity contribution >= 4 is 12.2 Å². The first-order chi connectivity index (χ1) is 14.1. The number of nitrogens with zero attached hydrogens (tertiary/aromatic N) is 4. The number of benzene rings is 2. The van der Waals surface area contributed by atoms with Crippen LogP contribution in [-0.4, -0.2) is 47.7 Å². The summed E-state index contributed by atoms with van der Waals surface area (Å²) < 4.78 is 20.1. The minimum atomic E-state index is 0.570. The minimum Gasteiger partial charge on any atom is -0.497 e. The summed E-state index contributed by atoms with van der Waals surface area (Å²) >= 11 is 5.61. The van der Waals surface area contributed by atoms with Crippen LogP contribution < -0.4 is 19.1 Å². The molecule has 0 fully saturated rings. The van der Waals surface area contributed by atoms with Gasteiger partial charge in [-0.05, 0) is 64.6 Å². The first-order valence-electron chi connectivity index (χ1n) is 9.37. The molecule has 4 rings (SSSR count). The number of nitrogens with one attached hydrogen (secondary N) is 1. The fraction of sp³-hybridized carbons (Fsp3) is 0.350. The lowest BCUT2D eigenvalue weighted by Gasteiger charge is -2.26. The molecule has 2 aromatic carbocycles. The molecular weight excluding hydrogens is 390 g/mol. The maximum atomic E-state index is 5.61. The van der Waals surface area contributed by atoms with E-state index in [-0.39, 0.29) is 0 Å². The molecule has 0 saturated heterocycles. The van der Waals surface area contributed by atoms with Crippen molar-refractivity contribution in [2.24, 2.45) is 0 Å². The van der Waals surface area contributed by atoms with E-state index in [1.807, 2.05) is 24.3 Å². The van der Waals surface area contributed by atoms with Gasteiger partial charge < -0.3 is 19.1 Å². The molecule has 8 nitrogen and oxygen atoms in total. The standard InChI is InChI=1S/C20H23N5O3S/c1-26-17-6-4-16(5-7-17)25-20(29)24(21-22-25)13-23-9-8-14-10-18(27-2)19(28-3)11-15(14)12-23/h4-7,10-11H,8-9,12-13H2,1-3H3/p+1. The van der Waals surface area contributed by atoms with Gasteiger partial charge in [0.05, 0.1) is 33.6 Å². The number of quaternary nitrogens is 1. The molecule has 152 valence electrons. The van der Waals surface area contributed by atoms with Crippen LogP contribution in [0.5, 0.6) is 17.2 Å². The van der Waals surface area contributed by atoms with Crippen LogP contribution in [0.1, 0.15) is 11.1 Å². The van der Waals surface area contributed by atoms with Crippen molar-refractivity contribution in [2.45, 2.75) is 19.6 Å². The quantitative estimate of drug-likeness (QED) is 0.616. The summed E-state index contributed by atoms with van der Waals surface area (Å²) in [7, 11) is 4.97. The predicted octanol–water partition coefficient (Wildman–Crippen LogP) is 1.42. The highest BCUT2D eigenvalue weighted by atomic mass is 32.1. The van der Waals surface area contributed by atoms with Crippen molar-refractivity contribution in [3.8, 4) is 22.9 Å². The fourth-order valence-electron chi connectivity index (χ4n) is 3.64. The molecule has 1 N–H and O–H groups in total. The van der Waals surface area contributed by atoms with Crippen LogP contribution in [0, 0.1) is 4.77 Å². The summed E-state index contributed by atoms with van der Waals surface area (Å²) in [5.41, 5.74) is 3.42. The molecule has 0 bridgehead atoms. The molecule has 1 unspecified atom stereocenters. The van der Waals surface area contributed by atoms with Gasteiger partial charge in [0.2, 0.25) is 4.77 Å². The number of hydrogen-bond acceptors (Lipinski definition) is 6. The molecule has 0 amide bonds. The molecule has 2 heterocycles. The number of hydrogen-bond donors (Lipinski definition) is 1. The van der Waals surface area contributed by atoms with E-state index in [2.05, 4.69) is 22.6 Å². The van der Waals surface area contributed by atoms with E-state index >= 15 is 0 Å². The number of aromatic nitrogens is 4. The largest absolute Gasteiger partial charge is 0.497 e. The van der Waals surface area contributed by atoms with E-state index in [1.165, 1.54) is 16.0 Å². The van der Waals surface area contributed by atoms with Gasteiger partial charge in [0.25, 0.3) is 0 Å². The Morgan fingerprint density at radius 1 is 0.966 bits per heavy atom. The van der Waals surface area contributed by atoms with E-state index in [0.29, 0.717) is 11.4 Å². The molecular formula is C20H24N5O3S+. The molecule has 29 heavy (non-hydrogen) atoms. The number of methoxy groups -OCH3 is 3. The molecule has 9 heteroatoms. The van der Waals surface area contributed by atoms with Crippen LogP contribution in [-0.2, 0) is 19.6 Å². The SMILES string of the molecule is COc1ccc(-n2nnn(C[NH+]3CCc4cc(OC)c(OC)cc4C3)c2=S)cc1. The second-order valence-electron chi connectivity index (χ2n) is 6.93. The molecule has 0 spiro atoms. The second kappa shape index (κ2) is 8.22. The van der Waals surface area contributed by atoms with Crippen molar-refractivity contribution in [2.75, 3.05) is 27.9 Å². The zero-order valence-corrected chi connectivity index (χ0v) is 17.5. The molecule has 1 aromatic heterocycles. The first-order valence-corrected chi connectivity index (χ1v) is 9.78. The van der Waals surface area contributed by atoms with Gasteiger partial charge in [-0.1, -0.05) is 0 Å². The lowest BCUT2D eigenvalue weighted by molar-refractivity contribution is -0.939. The summed E-state index contributed by atoms with van der Waals surface area (Å²) in [6, 6.07) is 11.7. The highest BCUT2D eigenvalue weighted by molar-refractivity contribution is 7.71. The molecule has 1 aliphatic heterocycles. The maximum Gasteiger partial charge on any atom is 0.225 e. The molecule has 0 saturated carbocycles. The van der Waals surface area contributed by atoms with Crippen LogP contribution in [0.3, 0.4) is 0 Å². The summed E-state index contributed by atoms with van der Waals surface area (Å²) in [6.07, 6.45) is 0.963. The highest BCUT2D eigenvalue weighted by Crippen LogP contribution is 2.31. The lowest BCUT2D eigenvalue weighted by Crippen LogP contribution is -3.11. The Bertz CT molecular complexity index is 1060.